The molecule has 1 unspecified atom stereocenters. The lowest BCUT2D eigenvalue weighted by Gasteiger charge is -2.23. The fourth-order valence-electron chi connectivity index (χ4n) is 3.97. The number of rotatable bonds is 5. The average Bonchev–Trinajstić information content (AvgIpc) is 3.17. The van der Waals surface area contributed by atoms with Crippen molar-refractivity contribution in [3.63, 3.8) is 0 Å². The van der Waals surface area contributed by atoms with E-state index < -0.39 is 29.3 Å². The van der Waals surface area contributed by atoms with Crippen LogP contribution in [0.3, 0.4) is 0 Å². The fraction of sp³-hybridized carbons (Fsp3) is 0.273. The minimum atomic E-state index is -4.62. The van der Waals surface area contributed by atoms with Crippen molar-refractivity contribution in [1.29, 1.82) is 0 Å². The van der Waals surface area contributed by atoms with E-state index in [1.807, 2.05) is 19.1 Å². The first kappa shape index (κ1) is 20.7. The molecule has 4 N–H and O–H groups in total. The first-order valence-electron chi connectivity index (χ1n) is 9.99. The molecule has 0 bridgehead atoms. The highest BCUT2D eigenvalue weighted by Crippen LogP contribution is 2.48. The lowest BCUT2D eigenvalue weighted by atomic mass is 10.0. The number of hydrogen-bond donors (Lipinski definition) is 4. The van der Waals surface area contributed by atoms with E-state index in [1.165, 1.54) is 0 Å². The second kappa shape index (κ2) is 7.14. The van der Waals surface area contributed by atoms with Gasteiger partial charge in [0.2, 0.25) is 0 Å². The van der Waals surface area contributed by atoms with Gasteiger partial charge in [-0.2, -0.15) is 18.3 Å². The van der Waals surface area contributed by atoms with E-state index in [4.69, 9.17) is 0 Å². The van der Waals surface area contributed by atoms with Crippen LogP contribution >= 0.6 is 0 Å². The summed E-state index contributed by atoms with van der Waals surface area (Å²) in [6.07, 6.45) is -3.13. The molecular formula is C22H19F4N5O. The molecule has 1 aliphatic carbocycles. The number of benzene rings is 1. The van der Waals surface area contributed by atoms with Crippen LogP contribution < -0.4 is 5.32 Å². The second-order valence-electron chi connectivity index (χ2n) is 8.09. The predicted molar refractivity (Wildman–Crippen MR) is 109 cm³/mol. The molecule has 32 heavy (non-hydrogen) atoms. The molecule has 1 atom stereocenters. The maximum absolute atomic E-state index is 14.5. The van der Waals surface area contributed by atoms with Crippen LogP contribution in [0.2, 0.25) is 0 Å². The molecule has 1 aromatic carbocycles. The Bertz CT molecular complexity index is 1310. The van der Waals surface area contributed by atoms with E-state index in [0.717, 1.165) is 28.8 Å². The number of nitrogens with zero attached hydrogens (tertiary/aromatic N) is 2. The number of H-pyrrole nitrogens is 2. The summed E-state index contributed by atoms with van der Waals surface area (Å²) >= 11 is 0. The van der Waals surface area contributed by atoms with Gasteiger partial charge in [-0.25, -0.2) is 9.37 Å². The van der Waals surface area contributed by atoms with Gasteiger partial charge in [-0.1, -0.05) is 6.07 Å². The molecule has 1 saturated carbocycles. The van der Waals surface area contributed by atoms with Gasteiger partial charge >= 0.3 is 6.18 Å². The largest absolute Gasteiger partial charge is 0.416 e. The first-order valence-corrected chi connectivity index (χ1v) is 9.99. The van der Waals surface area contributed by atoms with Crippen LogP contribution in [0.25, 0.3) is 22.3 Å². The second-order valence-corrected chi connectivity index (χ2v) is 8.09. The van der Waals surface area contributed by atoms with Crippen molar-refractivity contribution in [3.8, 4) is 11.3 Å². The monoisotopic (exact) mass is 445 g/mol. The standard InChI is InChI=1S/C22H19F4N5O/c1-11-14(10-27-31-11)17-5-2-12-8-18(29-19(12)28-17)20(32)30-21(6-7-21)15-4-3-13(9-16(15)23)22(24,25)26/h2-5,8-10,20,30,32H,6-7H2,1H3,(H,27,31)(H,28,29). The number of hydrogen-bond acceptors (Lipinski definition) is 4. The van der Waals surface area contributed by atoms with Crippen LogP contribution in [0, 0.1) is 12.7 Å². The van der Waals surface area contributed by atoms with Crippen molar-refractivity contribution in [3.05, 3.63) is 70.9 Å². The maximum atomic E-state index is 14.5. The number of aryl methyl sites for hydroxylation is 1. The van der Waals surface area contributed by atoms with Gasteiger partial charge in [0.05, 0.1) is 23.1 Å². The lowest BCUT2D eigenvalue weighted by Crippen LogP contribution is -2.34. The predicted octanol–water partition coefficient (Wildman–Crippen LogP) is 4.69. The molecule has 10 heteroatoms. The van der Waals surface area contributed by atoms with Crippen LogP contribution in [0.5, 0.6) is 0 Å². The van der Waals surface area contributed by atoms with Crippen molar-refractivity contribution >= 4 is 11.0 Å². The van der Waals surface area contributed by atoms with E-state index in [9.17, 15) is 22.7 Å². The van der Waals surface area contributed by atoms with Crippen LogP contribution in [0.15, 0.2) is 42.6 Å². The molecule has 0 radical (unpaired) electrons. The number of alkyl halides is 3. The molecule has 4 aromatic rings. The van der Waals surface area contributed by atoms with Crippen molar-refractivity contribution in [2.75, 3.05) is 0 Å². The topological polar surface area (TPSA) is 89.6 Å². The Labute approximate surface area is 179 Å². The molecule has 166 valence electrons. The number of aliphatic hydroxyl groups excluding tert-OH is 1. The zero-order valence-corrected chi connectivity index (χ0v) is 16.9. The lowest BCUT2D eigenvalue weighted by molar-refractivity contribution is -0.137. The van der Waals surface area contributed by atoms with Crippen molar-refractivity contribution < 1.29 is 22.7 Å². The Kier molecular flexibility index (Phi) is 4.61. The van der Waals surface area contributed by atoms with E-state index in [0.29, 0.717) is 35.9 Å². The van der Waals surface area contributed by atoms with E-state index in [1.54, 1.807) is 12.3 Å². The molecule has 0 saturated heterocycles. The van der Waals surface area contributed by atoms with Crippen LogP contribution in [-0.4, -0.2) is 25.3 Å². The van der Waals surface area contributed by atoms with Gasteiger partial charge in [-0.15, -0.1) is 0 Å². The highest BCUT2D eigenvalue weighted by atomic mass is 19.4. The molecule has 5 rings (SSSR count). The quantitative estimate of drug-likeness (QED) is 0.265. The van der Waals surface area contributed by atoms with Crippen LogP contribution in [0.4, 0.5) is 17.6 Å². The van der Waals surface area contributed by atoms with Crippen molar-refractivity contribution in [2.24, 2.45) is 0 Å². The molecule has 0 aliphatic heterocycles. The normalized spacial score (nSPS) is 16.4. The van der Waals surface area contributed by atoms with Gasteiger partial charge in [0, 0.05) is 27.7 Å². The summed E-state index contributed by atoms with van der Waals surface area (Å²) < 4.78 is 53.0. The zero-order chi connectivity index (χ0) is 22.7. The van der Waals surface area contributed by atoms with Gasteiger partial charge in [0.15, 0.2) is 0 Å². The summed E-state index contributed by atoms with van der Waals surface area (Å²) in [5.41, 5.74) is 1.58. The highest BCUT2D eigenvalue weighted by Gasteiger charge is 2.48. The number of pyridine rings is 1. The highest BCUT2D eigenvalue weighted by molar-refractivity contribution is 5.80. The molecule has 3 heterocycles. The van der Waals surface area contributed by atoms with Crippen molar-refractivity contribution in [2.45, 2.75) is 37.7 Å². The summed E-state index contributed by atoms with van der Waals surface area (Å²) in [5, 5.41) is 21.3. The van der Waals surface area contributed by atoms with Crippen molar-refractivity contribution in [1.82, 2.24) is 25.5 Å². The number of aliphatic hydroxyl groups is 1. The van der Waals surface area contributed by atoms with Gasteiger partial charge in [0.25, 0.3) is 0 Å². The molecule has 1 fully saturated rings. The van der Waals surface area contributed by atoms with E-state index in [2.05, 4.69) is 25.5 Å². The van der Waals surface area contributed by atoms with Gasteiger partial charge in [0.1, 0.15) is 17.7 Å². The van der Waals surface area contributed by atoms with Gasteiger partial charge in [-0.05, 0) is 50.1 Å². The number of aromatic nitrogens is 4. The summed E-state index contributed by atoms with van der Waals surface area (Å²) in [4.78, 5) is 7.64. The van der Waals surface area contributed by atoms with Crippen LogP contribution in [0.1, 0.15) is 41.6 Å². The molecular weight excluding hydrogens is 426 g/mol. The van der Waals surface area contributed by atoms with E-state index >= 15 is 0 Å². The third kappa shape index (κ3) is 3.55. The molecule has 1 aliphatic rings. The maximum Gasteiger partial charge on any atom is 0.416 e. The number of aromatic amines is 2. The first-order chi connectivity index (χ1) is 15.2. The minimum Gasteiger partial charge on any atom is -0.373 e. The zero-order valence-electron chi connectivity index (χ0n) is 16.9. The number of fused-ring (bicyclic) bond motifs is 1. The minimum absolute atomic E-state index is 0.108. The van der Waals surface area contributed by atoms with E-state index in [-0.39, 0.29) is 5.56 Å². The SMILES string of the molecule is Cc1[nH]ncc1-c1ccc2cc(C(O)NC3(c4ccc(C(F)(F)F)cc4F)CC3)[nH]c2n1. The van der Waals surface area contributed by atoms with Crippen LogP contribution in [-0.2, 0) is 11.7 Å². The fourth-order valence-corrected chi connectivity index (χ4v) is 3.97. The Balaban J connectivity index is 1.40. The summed E-state index contributed by atoms with van der Waals surface area (Å²) in [5.74, 6) is -0.949. The summed E-state index contributed by atoms with van der Waals surface area (Å²) in [6.45, 7) is 1.89. The molecule has 3 aromatic heterocycles. The Hall–Kier alpha value is -3.24. The third-order valence-electron chi connectivity index (χ3n) is 5.88. The smallest absolute Gasteiger partial charge is 0.373 e. The molecule has 0 amide bonds. The molecule has 6 nitrogen and oxygen atoms in total. The molecule has 0 spiro atoms. The third-order valence-corrected chi connectivity index (χ3v) is 5.88. The van der Waals surface area contributed by atoms with Gasteiger partial charge < -0.3 is 10.1 Å². The summed E-state index contributed by atoms with van der Waals surface area (Å²) in [6, 6.07) is 7.92. The average molecular weight is 445 g/mol. The number of nitrogens with one attached hydrogen (secondary N) is 3. The summed E-state index contributed by atoms with van der Waals surface area (Å²) in [7, 11) is 0. The Morgan fingerprint density at radius 2 is 1.94 bits per heavy atom. The van der Waals surface area contributed by atoms with Gasteiger partial charge in [-0.3, -0.25) is 10.4 Å². The Morgan fingerprint density at radius 3 is 2.56 bits per heavy atom. The number of halogens is 4. The Morgan fingerprint density at radius 1 is 1.16 bits per heavy atom.